The van der Waals surface area contributed by atoms with Crippen LogP contribution in [0.5, 0.6) is 0 Å². The monoisotopic (exact) mass is 333 g/mol. The van der Waals surface area contributed by atoms with E-state index in [-0.39, 0.29) is 0 Å². The summed E-state index contributed by atoms with van der Waals surface area (Å²) < 4.78 is 7.47. The van der Waals surface area contributed by atoms with Crippen LogP contribution in [0.4, 0.5) is 0 Å². The van der Waals surface area contributed by atoms with Gasteiger partial charge in [-0.1, -0.05) is 6.92 Å². The average Bonchev–Trinajstić information content (AvgIpc) is 3.28. The Morgan fingerprint density at radius 3 is 3.04 bits per heavy atom. The van der Waals surface area contributed by atoms with Gasteiger partial charge in [-0.2, -0.15) is 5.10 Å². The smallest absolute Gasteiger partial charge is 0.208 e. The SMILES string of the molecule is CCc1cnc(CN(C)[C@H]2CCN(C[C@H](O)Cn3cccn3)C2)o1. The summed E-state index contributed by atoms with van der Waals surface area (Å²) in [6, 6.07) is 2.35. The normalized spacial score (nSPS) is 20.1. The predicted molar refractivity (Wildman–Crippen MR) is 90.4 cm³/mol. The van der Waals surface area contributed by atoms with Crippen LogP contribution in [0.2, 0.25) is 0 Å². The van der Waals surface area contributed by atoms with Gasteiger partial charge in [0.25, 0.3) is 0 Å². The average molecular weight is 333 g/mol. The van der Waals surface area contributed by atoms with Gasteiger partial charge in [-0.15, -0.1) is 0 Å². The summed E-state index contributed by atoms with van der Waals surface area (Å²) in [6.45, 7) is 6.00. The number of likely N-dealkylation sites (tertiary alicyclic amines) is 1. The van der Waals surface area contributed by atoms with Crippen LogP contribution in [0, 0.1) is 0 Å². The van der Waals surface area contributed by atoms with Crippen molar-refractivity contribution in [3.63, 3.8) is 0 Å². The lowest BCUT2D eigenvalue weighted by Crippen LogP contribution is -2.37. The zero-order valence-electron chi connectivity index (χ0n) is 14.5. The Hall–Kier alpha value is -1.70. The Morgan fingerprint density at radius 1 is 1.46 bits per heavy atom. The summed E-state index contributed by atoms with van der Waals surface area (Å²) in [7, 11) is 2.12. The Labute approximate surface area is 142 Å². The van der Waals surface area contributed by atoms with E-state index in [0.29, 0.717) is 19.1 Å². The van der Waals surface area contributed by atoms with Crippen LogP contribution >= 0.6 is 0 Å². The molecule has 0 unspecified atom stereocenters. The van der Waals surface area contributed by atoms with Gasteiger partial charge < -0.3 is 9.52 Å². The molecular weight excluding hydrogens is 306 g/mol. The third-order valence-corrected chi connectivity index (χ3v) is 4.63. The maximum atomic E-state index is 10.2. The second-order valence-electron chi connectivity index (χ2n) is 6.57. The number of β-amino-alcohol motifs (C(OH)–C–C–N with tert-alkyl or cyclic N) is 1. The molecule has 0 amide bonds. The molecule has 3 rings (SSSR count). The number of aromatic nitrogens is 3. The van der Waals surface area contributed by atoms with E-state index in [1.54, 1.807) is 10.9 Å². The van der Waals surface area contributed by atoms with Gasteiger partial charge in [0.15, 0.2) is 0 Å². The van der Waals surface area contributed by atoms with E-state index in [9.17, 15) is 5.11 Å². The van der Waals surface area contributed by atoms with Crippen molar-refractivity contribution in [3.8, 4) is 0 Å². The highest BCUT2D eigenvalue weighted by Gasteiger charge is 2.27. The maximum Gasteiger partial charge on any atom is 0.208 e. The molecule has 1 aliphatic rings. The van der Waals surface area contributed by atoms with Crippen molar-refractivity contribution >= 4 is 0 Å². The summed E-state index contributed by atoms with van der Waals surface area (Å²) in [5, 5.41) is 14.4. The van der Waals surface area contributed by atoms with E-state index < -0.39 is 6.10 Å². The molecule has 132 valence electrons. The quantitative estimate of drug-likeness (QED) is 0.777. The molecule has 0 spiro atoms. The van der Waals surface area contributed by atoms with E-state index >= 15 is 0 Å². The van der Waals surface area contributed by atoms with Crippen LogP contribution in [-0.2, 0) is 19.5 Å². The van der Waals surface area contributed by atoms with E-state index in [1.807, 2.05) is 18.5 Å². The number of hydrogen-bond donors (Lipinski definition) is 1. The summed E-state index contributed by atoms with van der Waals surface area (Å²) in [6.07, 6.45) is 7.02. The first kappa shape index (κ1) is 17.1. The van der Waals surface area contributed by atoms with Crippen LogP contribution in [0.25, 0.3) is 0 Å². The van der Waals surface area contributed by atoms with E-state index in [1.165, 1.54) is 0 Å². The second kappa shape index (κ2) is 7.92. The third-order valence-electron chi connectivity index (χ3n) is 4.63. The molecule has 7 nitrogen and oxygen atoms in total. The van der Waals surface area contributed by atoms with Gasteiger partial charge in [0, 0.05) is 37.9 Å². The number of likely N-dealkylation sites (N-methyl/N-ethyl adjacent to an activating group) is 1. The van der Waals surface area contributed by atoms with Crippen LogP contribution in [0.15, 0.2) is 29.1 Å². The number of aryl methyl sites for hydroxylation is 1. The fourth-order valence-corrected chi connectivity index (χ4v) is 3.24. The van der Waals surface area contributed by atoms with Gasteiger partial charge in [-0.3, -0.25) is 14.5 Å². The minimum absolute atomic E-state index is 0.396. The van der Waals surface area contributed by atoms with Gasteiger partial charge >= 0.3 is 0 Å². The van der Waals surface area contributed by atoms with Crippen molar-refractivity contribution in [2.75, 3.05) is 26.7 Å². The summed E-state index contributed by atoms with van der Waals surface area (Å²) >= 11 is 0. The molecule has 7 heteroatoms. The first-order valence-corrected chi connectivity index (χ1v) is 8.65. The summed E-state index contributed by atoms with van der Waals surface area (Å²) in [5.74, 6) is 1.72. The molecule has 2 aromatic rings. The fraction of sp³-hybridized carbons (Fsp3) is 0.647. The van der Waals surface area contributed by atoms with Crippen molar-refractivity contribution in [1.29, 1.82) is 0 Å². The van der Waals surface area contributed by atoms with Crippen LogP contribution < -0.4 is 0 Å². The Balaban J connectivity index is 1.44. The van der Waals surface area contributed by atoms with Crippen molar-refractivity contribution in [3.05, 3.63) is 36.3 Å². The van der Waals surface area contributed by atoms with Gasteiger partial charge in [0.1, 0.15) is 5.76 Å². The Bertz CT molecular complexity index is 612. The predicted octanol–water partition coefficient (Wildman–Crippen LogP) is 1.00. The molecule has 2 atom stereocenters. The number of rotatable bonds is 8. The first-order valence-electron chi connectivity index (χ1n) is 8.65. The lowest BCUT2D eigenvalue weighted by atomic mass is 10.2. The van der Waals surface area contributed by atoms with Crippen molar-refractivity contribution in [2.24, 2.45) is 0 Å². The second-order valence-corrected chi connectivity index (χ2v) is 6.57. The number of aliphatic hydroxyl groups excluding tert-OH is 1. The number of nitrogens with zero attached hydrogens (tertiary/aromatic N) is 5. The molecule has 0 radical (unpaired) electrons. The number of oxazole rings is 1. The zero-order valence-corrected chi connectivity index (χ0v) is 14.5. The zero-order chi connectivity index (χ0) is 16.9. The highest BCUT2D eigenvalue weighted by molar-refractivity contribution is 4.94. The minimum atomic E-state index is -0.396. The molecule has 1 N–H and O–H groups in total. The molecule has 0 bridgehead atoms. The fourth-order valence-electron chi connectivity index (χ4n) is 3.24. The summed E-state index contributed by atoms with van der Waals surface area (Å²) in [5.41, 5.74) is 0. The lowest BCUT2D eigenvalue weighted by Gasteiger charge is -2.24. The Morgan fingerprint density at radius 2 is 2.33 bits per heavy atom. The van der Waals surface area contributed by atoms with Gasteiger partial charge in [0.2, 0.25) is 5.89 Å². The number of hydrogen-bond acceptors (Lipinski definition) is 6. The molecule has 3 heterocycles. The van der Waals surface area contributed by atoms with Crippen molar-refractivity contribution < 1.29 is 9.52 Å². The Kier molecular flexibility index (Phi) is 5.65. The first-order chi connectivity index (χ1) is 11.6. The van der Waals surface area contributed by atoms with Gasteiger partial charge in [-0.05, 0) is 26.1 Å². The van der Waals surface area contributed by atoms with E-state index in [0.717, 1.165) is 44.1 Å². The molecule has 1 aliphatic heterocycles. The molecule has 24 heavy (non-hydrogen) atoms. The molecule has 0 aliphatic carbocycles. The maximum absolute atomic E-state index is 10.2. The molecule has 2 aromatic heterocycles. The molecular formula is C17H27N5O2. The molecule has 0 aromatic carbocycles. The topological polar surface area (TPSA) is 70.6 Å². The van der Waals surface area contributed by atoms with Crippen molar-refractivity contribution in [1.82, 2.24) is 24.6 Å². The third kappa shape index (κ3) is 4.43. The van der Waals surface area contributed by atoms with Crippen LogP contribution in [-0.4, -0.2) is 68.5 Å². The van der Waals surface area contributed by atoms with Crippen molar-refractivity contribution in [2.45, 2.75) is 45.0 Å². The number of aliphatic hydroxyl groups is 1. The van der Waals surface area contributed by atoms with Gasteiger partial charge in [0.05, 0.1) is 25.4 Å². The van der Waals surface area contributed by atoms with Crippen LogP contribution in [0.1, 0.15) is 25.0 Å². The standard InChI is InChI=1S/C17H27N5O2/c1-3-16-9-18-17(24-16)13-20(2)14-5-8-21(10-14)11-15(23)12-22-7-4-6-19-22/h4,6-7,9,14-15,23H,3,5,8,10-13H2,1-2H3/t14-,15-/m0/s1. The molecule has 1 saturated heterocycles. The highest BCUT2D eigenvalue weighted by Crippen LogP contribution is 2.17. The highest BCUT2D eigenvalue weighted by atomic mass is 16.4. The van der Waals surface area contributed by atoms with E-state index in [2.05, 4.69) is 33.9 Å². The summed E-state index contributed by atoms with van der Waals surface area (Å²) in [4.78, 5) is 8.95. The van der Waals surface area contributed by atoms with Crippen LogP contribution in [0.3, 0.4) is 0 Å². The largest absolute Gasteiger partial charge is 0.444 e. The molecule has 1 fully saturated rings. The lowest BCUT2D eigenvalue weighted by molar-refractivity contribution is 0.101. The minimum Gasteiger partial charge on any atom is -0.444 e. The van der Waals surface area contributed by atoms with Gasteiger partial charge in [-0.25, -0.2) is 4.98 Å². The van der Waals surface area contributed by atoms with E-state index in [4.69, 9.17) is 4.42 Å². The molecule has 0 saturated carbocycles.